The lowest BCUT2D eigenvalue weighted by atomic mass is 10.1. The first-order valence-corrected chi connectivity index (χ1v) is 7.49. The zero-order valence-electron chi connectivity index (χ0n) is 12.7. The van der Waals surface area contributed by atoms with Crippen LogP contribution in [0.2, 0.25) is 0 Å². The van der Waals surface area contributed by atoms with Crippen molar-refractivity contribution in [3.63, 3.8) is 0 Å². The highest BCUT2D eigenvalue weighted by molar-refractivity contribution is 5.95. The van der Waals surface area contributed by atoms with E-state index in [-0.39, 0.29) is 11.8 Å². The molecule has 118 valence electrons. The Morgan fingerprint density at radius 3 is 2.48 bits per heavy atom. The Hall–Kier alpha value is -2.66. The van der Waals surface area contributed by atoms with E-state index in [1.54, 1.807) is 24.3 Å². The number of fused-ring (bicyclic) bond motifs is 1. The van der Waals surface area contributed by atoms with Crippen molar-refractivity contribution in [1.29, 1.82) is 0 Å². The fourth-order valence-electron chi connectivity index (χ4n) is 2.88. The molecule has 0 fully saturated rings. The molecule has 3 rings (SSSR count). The van der Waals surface area contributed by atoms with Gasteiger partial charge in [-0.2, -0.15) is 0 Å². The predicted molar refractivity (Wildman–Crippen MR) is 87.1 cm³/mol. The first-order chi connectivity index (χ1) is 11.0. The van der Waals surface area contributed by atoms with Gasteiger partial charge in [-0.05, 0) is 35.4 Å². The number of hydrogen-bond donors (Lipinski definition) is 3. The van der Waals surface area contributed by atoms with Crippen LogP contribution in [0.1, 0.15) is 34.5 Å². The third kappa shape index (κ3) is 3.24. The van der Waals surface area contributed by atoms with Gasteiger partial charge in [0, 0.05) is 24.6 Å². The molecule has 1 aliphatic carbocycles. The van der Waals surface area contributed by atoms with Crippen LogP contribution in [0.4, 0.5) is 5.69 Å². The summed E-state index contributed by atoms with van der Waals surface area (Å²) in [7, 11) is 0. The maximum absolute atomic E-state index is 12.4. The molecule has 2 amide bonds. The lowest BCUT2D eigenvalue weighted by Crippen LogP contribution is -2.33. The SMILES string of the molecule is CC(=O)Nc1ccc(C(=O)N[C@@H]2c3ccccc3C[C@@H]2O)cc1. The summed E-state index contributed by atoms with van der Waals surface area (Å²) in [5, 5.41) is 15.7. The van der Waals surface area contributed by atoms with E-state index in [2.05, 4.69) is 10.6 Å². The van der Waals surface area contributed by atoms with Crippen molar-refractivity contribution in [2.45, 2.75) is 25.5 Å². The molecule has 0 bridgehead atoms. The van der Waals surface area contributed by atoms with E-state index >= 15 is 0 Å². The number of hydrogen-bond acceptors (Lipinski definition) is 3. The Labute approximate surface area is 134 Å². The molecule has 2 atom stereocenters. The van der Waals surface area contributed by atoms with Gasteiger partial charge in [0.25, 0.3) is 5.91 Å². The number of amides is 2. The fraction of sp³-hybridized carbons (Fsp3) is 0.222. The number of aliphatic hydroxyl groups excluding tert-OH is 1. The lowest BCUT2D eigenvalue weighted by molar-refractivity contribution is -0.114. The summed E-state index contributed by atoms with van der Waals surface area (Å²) < 4.78 is 0. The number of aliphatic hydroxyl groups is 1. The Morgan fingerprint density at radius 2 is 1.78 bits per heavy atom. The second-order valence-corrected chi connectivity index (χ2v) is 5.68. The summed E-state index contributed by atoms with van der Waals surface area (Å²) in [5.41, 5.74) is 3.14. The quantitative estimate of drug-likeness (QED) is 0.811. The summed E-state index contributed by atoms with van der Waals surface area (Å²) in [5.74, 6) is -0.409. The van der Waals surface area contributed by atoms with Crippen LogP contribution in [0.15, 0.2) is 48.5 Å². The van der Waals surface area contributed by atoms with Crippen LogP contribution in [-0.2, 0) is 11.2 Å². The van der Waals surface area contributed by atoms with Gasteiger partial charge in [-0.3, -0.25) is 9.59 Å². The van der Waals surface area contributed by atoms with Gasteiger partial charge in [0.15, 0.2) is 0 Å². The first-order valence-electron chi connectivity index (χ1n) is 7.49. The van der Waals surface area contributed by atoms with Crippen LogP contribution < -0.4 is 10.6 Å². The van der Waals surface area contributed by atoms with Crippen LogP contribution in [-0.4, -0.2) is 23.0 Å². The highest BCUT2D eigenvalue weighted by Crippen LogP contribution is 2.31. The molecular weight excluding hydrogens is 292 g/mol. The first kappa shape index (κ1) is 15.2. The van der Waals surface area contributed by atoms with Gasteiger partial charge in [0.1, 0.15) is 0 Å². The largest absolute Gasteiger partial charge is 0.390 e. The van der Waals surface area contributed by atoms with Gasteiger partial charge >= 0.3 is 0 Å². The average Bonchev–Trinajstić information content (AvgIpc) is 2.83. The van der Waals surface area contributed by atoms with Gasteiger partial charge in [-0.15, -0.1) is 0 Å². The van der Waals surface area contributed by atoms with Gasteiger partial charge in [-0.25, -0.2) is 0 Å². The number of carbonyl (C=O) groups is 2. The van der Waals surface area contributed by atoms with Crippen molar-refractivity contribution >= 4 is 17.5 Å². The van der Waals surface area contributed by atoms with Gasteiger partial charge < -0.3 is 15.7 Å². The van der Waals surface area contributed by atoms with Crippen LogP contribution in [0, 0.1) is 0 Å². The predicted octanol–water partition coefficient (Wildman–Crippen LogP) is 2.03. The normalized spacial score (nSPS) is 19.0. The van der Waals surface area contributed by atoms with Crippen molar-refractivity contribution in [2.24, 2.45) is 0 Å². The Bertz CT molecular complexity index is 740. The molecule has 5 nitrogen and oxygen atoms in total. The smallest absolute Gasteiger partial charge is 0.251 e. The Kier molecular flexibility index (Phi) is 4.12. The van der Waals surface area contributed by atoms with E-state index in [9.17, 15) is 14.7 Å². The minimum atomic E-state index is -0.616. The zero-order chi connectivity index (χ0) is 16.4. The van der Waals surface area contributed by atoms with E-state index in [1.807, 2.05) is 24.3 Å². The minimum absolute atomic E-state index is 0.159. The fourth-order valence-corrected chi connectivity index (χ4v) is 2.88. The minimum Gasteiger partial charge on any atom is -0.390 e. The van der Waals surface area contributed by atoms with Crippen molar-refractivity contribution in [2.75, 3.05) is 5.32 Å². The van der Waals surface area contributed by atoms with E-state index in [1.165, 1.54) is 6.92 Å². The second-order valence-electron chi connectivity index (χ2n) is 5.68. The maximum atomic E-state index is 12.4. The lowest BCUT2D eigenvalue weighted by Gasteiger charge is -2.18. The van der Waals surface area contributed by atoms with Gasteiger partial charge in [0.05, 0.1) is 12.1 Å². The number of rotatable bonds is 3. The molecule has 0 saturated heterocycles. The number of nitrogens with one attached hydrogen (secondary N) is 2. The van der Waals surface area contributed by atoms with Gasteiger partial charge in [0.2, 0.25) is 5.91 Å². The van der Waals surface area contributed by atoms with E-state index in [4.69, 9.17) is 0 Å². The highest BCUT2D eigenvalue weighted by atomic mass is 16.3. The van der Waals surface area contributed by atoms with Crippen molar-refractivity contribution in [1.82, 2.24) is 5.32 Å². The maximum Gasteiger partial charge on any atom is 0.251 e. The molecule has 0 spiro atoms. The van der Waals surface area contributed by atoms with Gasteiger partial charge in [-0.1, -0.05) is 24.3 Å². The molecule has 3 N–H and O–H groups in total. The summed E-state index contributed by atoms with van der Waals surface area (Å²) >= 11 is 0. The van der Waals surface area contributed by atoms with Crippen LogP contribution in [0.5, 0.6) is 0 Å². The number of carbonyl (C=O) groups excluding carboxylic acids is 2. The van der Waals surface area contributed by atoms with Crippen LogP contribution in [0.3, 0.4) is 0 Å². The zero-order valence-corrected chi connectivity index (χ0v) is 12.7. The second kappa shape index (κ2) is 6.22. The average molecular weight is 310 g/mol. The summed E-state index contributed by atoms with van der Waals surface area (Å²) in [4.78, 5) is 23.4. The number of anilines is 1. The molecule has 5 heteroatoms. The Morgan fingerprint density at radius 1 is 1.09 bits per heavy atom. The van der Waals surface area contributed by atoms with E-state index < -0.39 is 12.1 Å². The topological polar surface area (TPSA) is 78.4 Å². The van der Waals surface area contributed by atoms with E-state index in [0.717, 1.165) is 11.1 Å². The van der Waals surface area contributed by atoms with Crippen molar-refractivity contribution in [3.05, 3.63) is 65.2 Å². The molecule has 0 heterocycles. The molecule has 0 saturated carbocycles. The molecule has 1 aliphatic rings. The van der Waals surface area contributed by atoms with Crippen molar-refractivity contribution < 1.29 is 14.7 Å². The highest BCUT2D eigenvalue weighted by Gasteiger charge is 2.31. The molecule has 2 aromatic carbocycles. The molecule has 0 aliphatic heterocycles. The van der Waals surface area contributed by atoms with E-state index in [0.29, 0.717) is 17.7 Å². The molecule has 23 heavy (non-hydrogen) atoms. The molecule has 0 aromatic heterocycles. The Balaban J connectivity index is 1.73. The summed E-state index contributed by atoms with van der Waals surface area (Å²) in [6.45, 7) is 1.43. The monoisotopic (exact) mass is 310 g/mol. The van der Waals surface area contributed by atoms with Crippen LogP contribution >= 0.6 is 0 Å². The third-order valence-corrected chi connectivity index (χ3v) is 3.96. The summed E-state index contributed by atoms with van der Waals surface area (Å²) in [6.07, 6.45) is -0.0715. The standard InChI is InChI=1S/C18H18N2O3/c1-11(21)19-14-8-6-12(7-9-14)18(23)20-17-15-5-3-2-4-13(15)10-16(17)22/h2-9,16-17,22H,10H2,1H3,(H,19,21)(H,20,23)/t16-,17+/m0/s1. The molecular formula is C18H18N2O3. The van der Waals surface area contributed by atoms with Crippen molar-refractivity contribution in [3.8, 4) is 0 Å². The molecule has 0 radical (unpaired) electrons. The molecule has 2 aromatic rings. The summed E-state index contributed by atoms with van der Waals surface area (Å²) in [6, 6.07) is 14.0. The third-order valence-electron chi connectivity index (χ3n) is 3.96. The molecule has 0 unspecified atom stereocenters. The number of benzene rings is 2. The van der Waals surface area contributed by atoms with Crippen LogP contribution in [0.25, 0.3) is 0 Å².